The number of benzene rings is 1. The number of carbonyl (C=O) groups excluding carboxylic acids is 1. The van der Waals surface area contributed by atoms with Gasteiger partial charge in [0, 0.05) is 36.9 Å². The molecule has 1 aromatic carbocycles. The van der Waals surface area contributed by atoms with Gasteiger partial charge in [-0.25, -0.2) is 22.9 Å². The quantitative estimate of drug-likeness (QED) is 0.247. The number of amides is 2. The van der Waals surface area contributed by atoms with Gasteiger partial charge in [0.15, 0.2) is 0 Å². The number of sulfonamides is 1. The molecule has 14 heteroatoms. The molecule has 0 bridgehead atoms. The third-order valence-corrected chi connectivity index (χ3v) is 9.33. The Morgan fingerprint density at radius 1 is 1.07 bits per heavy atom. The van der Waals surface area contributed by atoms with Crippen LogP contribution in [0.4, 0.5) is 16.2 Å². The van der Waals surface area contributed by atoms with E-state index in [0.29, 0.717) is 11.2 Å². The van der Waals surface area contributed by atoms with Crippen LogP contribution in [0.3, 0.4) is 0 Å². The van der Waals surface area contributed by atoms with Crippen molar-refractivity contribution in [3.63, 3.8) is 0 Å². The number of halogens is 1. The molecule has 3 aromatic heterocycles. The number of aromatic nitrogens is 2. The number of ether oxygens (including phenoxy) is 1. The Morgan fingerprint density at radius 2 is 1.88 bits per heavy atom. The summed E-state index contributed by atoms with van der Waals surface area (Å²) >= 11 is 6.62. The first-order chi connectivity index (χ1) is 19.3. The van der Waals surface area contributed by atoms with E-state index in [4.69, 9.17) is 16.3 Å². The minimum atomic E-state index is -4.06. The van der Waals surface area contributed by atoms with Crippen LogP contribution in [-0.2, 0) is 14.8 Å². The second-order valence-electron chi connectivity index (χ2n) is 9.05. The maximum atomic E-state index is 13.2. The molecular weight excluding hydrogens is 576 g/mol. The van der Waals surface area contributed by atoms with Gasteiger partial charge in [0.25, 0.3) is 15.6 Å². The molecule has 2 amide bonds. The smallest absolute Gasteiger partial charge is 0.333 e. The first-order valence-corrected chi connectivity index (χ1v) is 15.2. The van der Waals surface area contributed by atoms with Crippen molar-refractivity contribution in [2.24, 2.45) is 0 Å². The van der Waals surface area contributed by atoms with Gasteiger partial charge in [-0.15, -0.1) is 11.3 Å². The monoisotopic (exact) mass is 602 g/mol. The molecule has 40 heavy (non-hydrogen) atoms. The molecule has 1 aliphatic rings. The fourth-order valence-corrected chi connectivity index (χ4v) is 6.66. The molecule has 0 radical (unpaired) electrons. The van der Waals surface area contributed by atoms with Crippen molar-refractivity contribution in [2.75, 3.05) is 50.0 Å². The summed E-state index contributed by atoms with van der Waals surface area (Å²) < 4.78 is 33.5. The van der Waals surface area contributed by atoms with Crippen LogP contribution in [0.15, 0.2) is 69.9 Å². The molecule has 1 fully saturated rings. The summed E-state index contributed by atoms with van der Waals surface area (Å²) in [6, 6.07) is 12.3. The van der Waals surface area contributed by atoms with Crippen LogP contribution in [0.25, 0.3) is 16.6 Å². The number of nitrogens with zero attached hydrogens (tertiary/aromatic N) is 3. The lowest BCUT2D eigenvalue weighted by Gasteiger charge is -2.26. The van der Waals surface area contributed by atoms with Gasteiger partial charge in [-0.3, -0.25) is 14.3 Å². The molecule has 0 saturated carbocycles. The number of fused-ring (bicyclic) bond motifs is 1. The molecule has 4 aromatic rings. The molecule has 1 aliphatic heterocycles. The summed E-state index contributed by atoms with van der Waals surface area (Å²) in [7, 11) is -4.06. The minimum Gasteiger partial charge on any atom is -0.385 e. The normalized spacial score (nSPS) is 14.2. The molecule has 4 heterocycles. The van der Waals surface area contributed by atoms with Crippen LogP contribution >= 0.6 is 22.9 Å². The van der Waals surface area contributed by atoms with Gasteiger partial charge in [-0.05, 0) is 66.9 Å². The average Bonchev–Trinajstić information content (AvgIpc) is 3.39. The number of morpholine rings is 1. The first-order valence-electron chi connectivity index (χ1n) is 12.5. The highest BCUT2D eigenvalue weighted by molar-refractivity contribution is 7.92. The highest BCUT2D eigenvalue weighted by atomic mass is 35.5. The van der Waals surface area contributed by atoms with Gasteiger partial charge in [-0.1, -0.05) is 11.6 Å². The maximum absolute atomic E-state index is 13.2. The second-order valence-corrected chi connectivity index (χ2v) is 12.7. The van der Waals surface area contributed by atoms with Gasteiger partial charge < -0.3 is 15.4 Å². The maximum Gasteiger partial charge on any atom is 0.333 e. The topological polar surface area (TPSA) is 135 Å². The Morgan fingerprint density at radius 3 is 2.60 bits per heavy atom. The van der Waals surface area contributed by atoms with Crippen LogP contribution < -0.4 is 20.9 Å². The van der Waals surface area contributed by atoms with E-state index in [-0.39, 0.29) is 19.8 Å². The summed E-state index contributed by atoms with van der Waals surface area (Å²) in [4.78, 5) is 32.0. The average molecular weight is 603 g/mol. The predicted octanol–water partition coefficient (Wildman–Crippen LogP) is 3.75. The van der Waals surface area contributed by atoms with Crippen LogP contribution in [0.1, 0.15) is 6.42 Å². The van der Waals surface area contributed by atoms with Crippen molar-refractivity contribution < 1.29 is 17.9 Å². The van der Waals surface area contributed by atoms with Gasteiger partial charge in [0.1, 0.15) is 10.0 Å². The summed E-state index contributed by atoms with van der Waals surface area (Å²) in [5, 5.41) is 7.20. The minimum absolute atomic E-state index is 0.0801. The van der Waals surface area contributed by atoms with E-state index in [1.54, 1.807) is 18.3 Å². The Bertz CT molecular complexity index is 1670. The van der Waals surface area contributed by atoms with Crippen LogP contribution in [0.5, 0.6) is 0 Å². The Balaban J connectivity index is 1.20. The molecule has 11 nitrogen and oxygen atoms in total. The summed E-state index contributed by atoms with van der Waals surface area (Å²) in [5.41, 5.74) is 0.963. The number of hydrogen-bond donors (Lipinski definition) is 3. The van der Waals surface area contributed by atoms with Crippen molar-refractivity contribution in [3.05, 3.63) is 75.6 Å². The number of urea groups is 1. The summed E-state index contributed by atoms with van der Waals surface area (Å²) in [6.07, 6.45) is 4.00. The third kappa shape index (κ3) is 6.80. The molecule has 210 valence electrons. The van der Waals surface area contributed by atoms with Crippen molar-refractivity contribution >= 4 is 61.1 Å². The Kier molecular flexibility index (Phi) is 8.66. The van der Waals surface area contributed by atoms with Gasteiger partial charge in [0.05, 0.1) is 29.4 Å². The van der Waals surface area contributed by atoms with Crippen LogP contribution in [-0.4, -0.2) is 68.3 Å². The zero-order valence-electron chi connectivity index (χ0n) is 21.3. The number of pyridine rings is 2. The zero-order valence-corrected chi connectivity index (χ0v) is 23.7. The van der Waals surface area contributed by atoms with Gasteiger partial charge in [-0.2, -0.15) is 0 Å². The lowest BCUT2D eigenvalue weighted by atomic mass is 10.1. The van der Waals surface area contributed by atoms with E-state index >= 15 is 0 Å². The summed E-state index contributed by atoms with van der Waals surface area (Å²) in [5.74, 6) is 0.351. The van der Waals surface area contributed by atoms with Crippen molar-refractivity contribution in [1.82, 2.24) is 19.2 Å². The molecule has 0 atom stereocenters. The molecule has 0 spiro atoms. The number of nitrogens with one attached hydrogen (secondary N) is 3. The van der Waals surface area contributed by atoms with Crippen molar-refractivity contribution in [3.8, 4) is 5.82 Å². The van der Waals surface area contributed by atoms with E-state index in [2.05, 4.69) is 20.5 Å². The van der Waals surface area contributed by atoms with Crippen molar-refractivity contribution in [2.45, 2.75) is 10.6 Å². The SMILES string of the molecule is O=C(Nc1ccc(-n2ccc3cc(NCCCN4CCOCC4)ccc3c2=O)nc1)NS(=O)(=O)c1ccc(Cl)s1. The number of carbonyl (C=O) groups is 1. The molecular formula is C26H27ClN6O5S2. The Labute approximate surface area is 239 Å². The molecule has 1 saturated heterocycles. The van der Waals surface area contributed by atoms with E-state index < -0.39 is 16.1 Å². The largest absolute Gasteiger partial charge is 0.385 e. The zero-order chi connectivity index (χ0) is 28.1. The number of anilines is 2. The molecule has 3 N–H and O–H groups in total. The number of rotatable bonds is 9. The summed E-state index contributed by atoms with van der Waals surface area (Å²) in [6.45, 7) is 5.38. The number of thiophene rings is 1. The van der Waals surface area contributed by atoms with E-state index in [9.17, 15) is 18.0 Å². The van der Waals surface area contributed by atoms with E-state index in [1.807, 2.05) is 22.9 Å². The molecule has 0 aliphatic carbocycles. The standard InChI is InChI=1S/C26H27ClN6O5S2/c27-22-5-7-24(39-22)40(36,37)31-26(35)30-20-3-6-23(29-17-20)33-11-8-18-16-19(2-4-21(18)25(33)34)28-9-1-10-32-12-14-38-15-13-32/h2-8,11,16-17,28H,1,9-10,12-15H2,(H2,30,31,35). The van der Waals surface area contributed by atoms with Gasteiger partial charge in [0.2, 0.25) is 0 Å². The van der Waals surface area contributed by atoms with E-state index in [0.717, 1.165) is 68.2 Å². The molecule has 0 unspecified atom stereocenters. The third-order valence-electron chi connectivity index (χ3n) is 6.28. The Hall–Kier alpha value is -3.49. The van der Waals surface area contributed by atoms with Crippen LogP contribution in [0.2, 0.25) is 4.34 Å². The van der Waals surface area contributed by atoms with Crippen LogP contribution in [0, 0.1) is 0 Å². The first kappa shape index (κ1) is 28.1. The molecule has 5 rings (SSSR count). The fourth-order valence-electron chi connectivity index (χ4n) is 4.27. The van der Waals surface area contributed by atoms with Crippen molar-refractivity contribution in [1.29, 1.82) is 0 Å². The highest BCUT2D eigenvalue weighted by Crippen LogP contribution is 2.25. The van der Waals surface area contributed by atoms with E-state index in [1.165, 1.54) is 29.0 Å². The lowest BCUT2D eigenvalue weighted by molar-refractivity contribution is 0.0378. The highest BCUT2D eigenvalue weighted by Gasteiger charge is 2.20. The second kappa shape index (κ2) is 12.4. The number of hydrogen-bond acceptors (Lipinski definition) is 9. The lowest BCUT2D eigenvalue weighted by Crippen LogP contribution is -2.37. The predicted molar refractivity (Wildman–Crippen MR) is 156 cm³/mol. The van der Waals surface area contributed by atoms with Gasteiger partial charge >= 0.3 is 6.03 Å². The fraction of sp³-hybridized carbons (Fsp3) is 0.269.